The Morgan fingerprint density at radius 3 is 1.84 bits per heavy atom. The molecule has 1 saturated heterocycles. The SMILES string of the molecule is COC(=O)[C@@]1(C(C)(C)O)C[C@H](OC(C)=O)[C@@H](OC(C)=O)[C@H]([C@H](OC(C)=O)[C@@H](COC(C)=O)OC(C)=O)O1. The monoisotopic (exact) mass is 534 g/mol. The van der Waals surface area contributed by atoms with E-state index in [1.807, 2.05) is 0 Å². The molecule has 0 aliphatic carbocycles. The highest BCUT2D eigenvalue weighted by molar-refractivity contribution is 5.82. The first-order valence-corrected chi connectivity index (χ1v) is 11.3. The first-order valence-electron chi connectivity index (χ1n) is 11.3. The molecule has 1 fully saturated rings. The van der Waals surface area contributed by atoms with Gasteiger partial charge in [-0.25, -0.2) is 4.79 Å². The third-order valence-corrected chi connectivity index (χ3v) is 5.40. The van der Waals surface area contributed by atoms with Crippen molar-refractivity contribution >= 4 is 35.8 Å². The standard InChI is InChI=1S/C23H34O14/c1-11(24)32-10-17(34-13(3)26)19(36-15(5)28)20-18(35-14(4)27)16(33-12(2)25)9-23(37-20,21(29)31-8)22(6,7)30/h16-20,30H,9-10H2,1-8H3/t16-,17+,18+,19+,20+,23+/m0/s1. The van der Waals surface area contributed by atoms with Crippen molar-refractivity contribution in [1.82, 2.24) is 0 Å². The molecule has 14 nitrogen and oxygen atoms in total. The third kappa shape index (κ3) is 8.39. The van der Waals surface area contributed by atoms with Crippen molar-refractivity contribution in [3.05, 3.63) is 0 Å². The van der Waals surface area contributed by atoms with Gasteiger partial charge in [0.05, 0.1) is 12.7 Å². The van der Waals surface area contributed by atoms with Gasteiger partial charge < -0.3 is 38.3 Å². The zero-order valence-electron chi connectivity index (χ0n) is 22.1. The zero-order chi connectivity index (χ0) is 28.7. The second-order valence-electron chi connectivity index (χ2n) is 8.91. The number of hydrogen-bond donors (Lipinski definition) is 1. The minimum absolute atomic E-state index is 0.536. The number of hydrogen-bond acceptors (Lipinski definition) is 14. The van der Waals surface area contributed by atoms with Crippen LogP contribution in [-0.4, -0.2) is 96.4 Å². The van der Waals surface area contributed by atoms with Crippen molar-refractivity contribution in [2.75, 3.05) is 13.7 Å². The molecule has 0 unspecified atom stereocenters. The molecule has 37 heavy (non-hydrogen) atoms. The molecule has 210 valence electrons. The number of ether oxygens (including phenoxy) is 7. The Morgan fingerprint density at radius 1 is 0.892 bits per heavy atom. The first-order chi connectivity index (χ1) is 16.9. The van der Waals surface area contributed by atoms with Gasteiger partial charge in [0, 0.05) is 41.0 Å². The number of methoxy groups -OCH3 is 1. The lowest BCUT2D eigenvalue weighted by atomic mass is 9.75. The summed E-state index contributed by atoms with van der Waals surface area (Å²) >= 11 is 0. The van der Waals surface area contributed by atoms with Crippen molar-refractivity contribution < 1.29 is 67.0 Å². The van der Waals surface area contributed by atoms with Crippen LogP contribution in [0.15, 0.2) is 0 Å². The Hall–Kier alpha value is -3.26. The largest absolute Gasteiger partial charge is 0.467 e. The van der Waals surface area contributed by atoms with E-state index in [0.29, 0.717) is 0 Å². The maximum absolute atomic E-state index is 13.0. The minimum atomic E-state index is -2.26. The van der Waals surface area contributed by atoms with Crippen LogP contribution in [0, 0.1) is 0 Å². The van der Waals surface area contributed by atoms with Crippen LogP contribution in [0.1, 0.15) is 54.9 Å². The molecule has 1 aliphatic heterocycles. The lowest BCUT2D eigenvalue weighted by Crippen LogP contribution is -2.71. The fourth-order valence-corrected chi connectivity index (χ4v) is 3.96. The number of aliphatic hydroxyl groups is 1. The average molecular weight is 535 g/mol. The summed E-state index contributed by atoms with van der Waals surface area (Å²) in [7, 11) is 1.03. The van der Waals surface area contributed by atoms with Crippen molar-refractivity contribution in [1.29, 1.82) is 0 Å². The molecule has 1 heterocycles. The highest BCUT2D eigenvalue weighted by Gasteiger charge is 2.64. The Bertz CT molecular complexity index is 890. The maximum atomic E-state index is 13.0. The van der Waals surface area contributed by atoms with Gasteiger partial charge in [-0.05, 0) is 13.8 Å². The summed E-state index contributed by atoms with van der Waals surface area (Å²) < 4.78 is 37.2. The minimum Gasteiger partial charge on any atom is -0.467 e. The maximum Gasteiger partial charge on any atom is 0.341 e. The summed E-state index contributed by atoms with van der Waals surface area (Å²) in [5.41, 5.74) is -4.27. The summed E-state index contributed by atoms with van der Waals surface area (Å²) in [5, 5.41) is 11.0. The molecule has 0 aromatic rings. The van der Waals surface area contributed by atoms with Crippen LogP contribution in [0.4, 0.5) is 0 Å². The van der Waals surface area contributed by atoms with Crippen LogP contribution in [-0.2, 0) is 61.9 Å². The van der Waals surface area contributed by atoms with Gasteiger partial charge >= 0.3 is 35.8 Å². The lowest BCUT2D eigenvalue weighted by Gasteiger charge is -2.51. The summed E-state index contributed by atoms with van der Waals surface area (Å²) in [5.74, 6) is -5.34. The van der Waals surface area contributed by atoms with E-state index in [2.05, 4.69) is 0 Å². The lowest BCUT2D eigenvalue weighted by molar-refractivity contribution is -0.294. The predicted molar refractivity (Wildman–Crippen MR) is 119 cm³/mol. The summed E-state index contributed by atoms with van der Waals surface area (Å²) in [6, 6.07) is 0. The molecule has 6 atom stereocenters. The summed E-state index contributed by atoms with van der Waals surface area (Å²) in [4.78, 5) is 72.5. The highest BCUT2D eigenvalue weighted by atomic mass is 16.7. The second kappa shape index (κ2) is 12.8. The smallest absolute Gasteiger partial charge is 0.341 e. The van der Waals surface area contributed by atoms with E-state index < -0.39 is 90.6 Å². The van der Waals surface area contributed by atoms with Crippen LogP contribution in [0.5, 0.6) is 0 Å². The van der Waals surface area contributed by atoms with Gasteiger partial charge in [0.25, 0.3) is 0 Å². The zero-order valence-corrected chi connectivity index (χ0v) is 22.1. The fraction of sp³-hybridized carbons (Fsp3) is 0.739. The normalized spacial score (nSPS) is 25.1. The fourth-order valence-electron chi connectivity index (χ4n) is 3.96. The van der Waals surface area contributed by atoms with Gasteiger partial charge in [0.15, 0.2) is 23.9 Å². The average Bonchev–Trinajstić information content (AvgIpc) is 2.73. The van der Waals surface area contributed by atoms with Gasteiger partial charge in [-0.3, -0.25) is 24.0 Å². The quantitative estimate of drug-likeness (QED) is 0.285. The van der Waals surface area contributed by atoms with E-state index in [4.69, 9.17) is 33.2 Å². The molecule has 0 aromatic heterocycles. The summed E-state index contributed by atoms with van der Waals surface area (Å²) in [6.45, 7) is 7.05. The topological polar surface area (TPSA) is 187 Å². The van der Waals surface area contributed by atoms with Crippen LogP contribution >= 0.6 is 0 Å². The van der Waals surface area contributed by atoms with Crippen LogP contribution in [0.2, 0.25) is 0 Å². The van der Waals surface area contributed by atoms with Gasteiger partial charge in [0.1, 0.15) is 18.8 Å². The molecule has 0 aromatic carbocycles. The van der Waals surface area contributed by atoms with E-state index in [1.165, 1.54) is 13.8 Å². The Balaban J connectivity index is 3.88. The van der Waals surface area contributed by atoms with Crippen molar-refractivity contribution in [3.8, 4) is 0 Å². The van der Waals surface area contributed by atoms with E-state index in [0.717, 1.165) is 41.7 Å². The van der Waals surface area contributed by atoms with Gasteiger partial charge in [-0.2, -0.15) is 0 Å². The van der Waals surface area contributed by atoms with Gasteiger partial charge in [-0.1, -0.05) is 0 Å². The van der Waals surface area contributed by atoms with Crippen LogP contribution in [0.25, 0.3) is 0 Å². The Kier molecular flexibility index (Phi) is 11.0. The van der Waals surface area contributed by atoms with E-state index in [1.54, 1.807) is 0 Å². The molecular weight excluding hydrogens is 500 g/mol. The molecule has 0 bridgehead atoms. The molecule has 0 radical (unpaired) electrons. The number of carbonyl (C=O) groups excluding carboxylic acids is 6. The van der Waals surface area contributed by atoms with Gasteiger partial charge in [0.2, 0.25) is 0 Å². The predicted octanol–water partition coefficient (Wildman–Crippen LogP) is -0.252. The number of esters is 6. The first kappa shape index (κ1) is 31.8. The van der Waals surface area contributed by atoms with Crippen LogP contribution < -0.4 is 0 Å². The molecule has 1 N–H and O–H groups in total. The van der Waals surface area contributed by atoms with Crippen molar-refractivity contribution in [2.24, 2.45) is 0 Å². The number of rotatable bonds is 10. The van der Waals surface area contributed by atoms with Crippen molar-refractivity contribution in [2.45, 2.75) is 96.6 Å². The molecule has 1 aliphatic rings. The van der Waals surface area contributed by atoms with Gasteiger partial charge in [-0.15, -0.1) is 0 Å². The molecule has 0 spiro atoms. The van der Waals surface area contributed by atoms with Crippen molar-refractivity contribution in [3.63, 3.8) is 0 Å². The second-order valence-corrected chi connectivity index (χ2v) is 8.91. The van der Waals surface area contributed by atoms with E-state index in [9.17, 15) is 33.9 Å². The Labute approximate surface area is 213 Å². The molecule has 0 saturated carbocycles. The third-order valence-electron chi connectivity index (χ3n) is 5.40. The summed E-state index contributed by atoms with van der Waals surface area (Å²) in [6.07, 6.45) is -8.46. The number of carbonyl (C=O) groups is 6. The molecule has 14 heteroatoms. The molecule has 1 rings (SSSR count). The van der Waals surface area contributed by atoms with Crippen LogP contribution in [0.3, 0.4) is 0 Å². The highest BCUT2D eigenvalue weighted by Crippen LogP contribution is 2.43. The van der Waals surface area contributed by atoms with E-state index in [-0.39, 0.29) is 0 Å². The molecular formula is C23H34O14. The molecule has 0 amide bonds. The van der Waals surface area contributed by atoms with E-state index >= 15 is 0 Å². The Morgan fingerprint density at radius 2 is 1.43 bits per heavy atom.